The van der Waals surface area contributed by atoms with Crippen molar-refractivity contribution < 1.29 is 18.0 Å². The van der Waals surface area contributed by atoms with Crippen molar-refractivity contribution in [1.29, 1.82) is 0 Å². The third kappa shape index (κ3) is 4.65. The molecule has 0 saturated carbocycles. The van der Waals surface area contributed by atoms with E-state index in [0.29, 0.717) is 13.0 Å². The summed E-state index contributed by atoms with van der Waals surface area (Å²) in [4.78, 5) is 27.2. The van der Waals surface area contributed by atoms with Gasteiger partial charge in [0.25, 0.3) is 0 Å². The van der Waals surface area contributed by atoms with Crippen LogP contribution in [-0.2, 0) is 19.6 Å². The molecule has 0 spiro atoms. The molecule has 122 valence electrons. The van der Waals surface area contributed by atoms with Crippen LogP contribution < -0.4 is 10.9 Å². The van der Waals surface area contributed by atoms with Gasteiger partial charge in [-0.1, -0.05) is 0 Å². The normalized spacial score (nSPS) is 21.0. The largest absolute Gasteiger partial charge is 0.337 e. The van der Waals surface area contributed by atoms with Crippen LogP contribution in [0.2, 0.25) is 0 Å². The van der Waals surface area contributed by atoms with E-state index in [1.54, 1.807) is 20.8 Å². The molecule has 1 heterocycles. The number of amides is 2. The molecule has 0 aromatic rings. The SMILES string of the molecule is CC(C)N(CCS(N)(=O)=O)C(=O)[C@H](C)N1CC[C@H](N)C1=O. The summed E-state index contributed by atoms with van der Waals surface area (Å²) >= 11 is 0. The second-order valence-corrected chi connectivity index (χ2v) is 7.33. The molecule has 2 atom stereocenters. The summed E-state index contributed by atoms with van der Waals surface area (Å²) in [7, 11) is -3.64. The van der Waals surface area contributed by atoms with E-state index in [2.05, 4.69) is 0 Å². The lowest BCUT2D eigenvalue weighted by Crippen LogP contribution is -2.52. The number of rotatable bonds is 6. The van der Waals surface area contributed by atoms with Crippen LogP contribution in [0.3, 0.4) is 0 Å². The van der Waals surface area contributed by atoms with Gasteiger partial charge in [0.1, 0.15) is 6.04 Å². The lowest BCUT2D eigenvalue weighted by molar-refractivity contribution is -0.144. The van der Waals surface area contributed by atoms with Crippen molar-refractivity contribution in [3.63, 3.8) is 0 Å². The summed E-state index contributed by atoms with van der Waals surface area (Å²) in [5, 5.41) is 4.98. The molecule has 4 N–H and O–H groups in total. The quantitative estimate of drug-likeness (QED) is 0.613. The lowest BCUT2D eigenvalue weighted by atomic mass is 10.2. The highest BCUT2D eigenvalue weighted by Gasteiger charge is 2.36. The Morgan fingerprint density at radius 3 is 2.38 bits per heavy atom. The van der Waals surface area contributed by atoms with Crippen LogP contribution in [0.1, 0.15) is 27.2 Å². The van der Waals surface area contributed by atoms with Gasteiger partial charge >= 0.3 is 0 Å². The van der Waals surface area contributed by atoms with Gasteiger partial charge in [0.2, 0.25) is 21.8 Å². The fourth-order valence-corrected chi connectivity index (χ4v) is 2.78. The summed E-state index contributed by atoms with van der Waals surface area (Å²) in [6, 6.07) is -1.40. The number of carbonyl (C=O) groups excluding carboxylic acids is 2. The van der Waals surface area contributed by atoms with Crippen molar-refractivity contribution >= 4 is 21.8 Å². The van der Waals surface area contributed by atoms with E-state index < -0.39 is 22.1 Å². The van der Waals surface area contributed by atoms with E-state index in [4.69, 9.17) is 10.9 Å². The number of likely N-dealkylation sites (tertiary alicyclic amines) is 1. The van der Waals surface area contributed by atoms with Crippen molar-refractivity contribution in [3.8, 4) is 0 Å². The summed E-state index contributed by atoms with van der Waals surface area (Å²) in [5.41, 5.74) is 5.65. The molecular weight excluding hydrogens is 296 g/mol. The van der Waals surface area contributed by atoms with Crippen LogP contribution in [-0.4, -0.2) is 67.0 Å². The highest BCUT2D eigenvalue weighted by Crippen LogP contribution is 2.15. The molecule has 2 amide bonds. The Labute approximate surface area is 125 Å². The molecule has 0 aromatic carbocycles. The van der Waals surface area contributed by atoms with Gasteiger partial charge < -0.3 is 15.5 Å². The molecule has 0 bridgehead atoms. The first-order valence-electron chi connectivity index (χ1n) is 6.91. The number of hydrogen-bond donors (Lipinski definition) is 2. The predicted octanol–water partition coefficient (Wildman–Crippen LogP) is -1.54. The second-order valence-electron chi connectivity index (χ2n) is 5.60. The fraction of sp³-hybridized carbons (Fsp3) is 0.833. The van der Waals surface area contributed by atoms with Crippen molar-refractivity contribution in [2.45, 2.75) is 45.3 Å². The van der Waals surface area contributed by atoms with Crippen LogP contribution in [0, 0.1) is 0 Å². The zero-order chi connectivity index (χ0) is 16.4. The summed E-state index contributed by atoms with van der Waals surface area (Å²) < 4.78 is 22.1. The molecule has 8 nitrogen and oxygen atoms in total. The summed E-state index contributed by atoms with van der Waals surface area (Å²) in [5.74, 6) is -0.848. The first-order chi connectivity index (χ1) is 9.54. The average Bonchev–Trinajstić information content (AvgIpc) is 2.67. The van der Waals surface area contributed by atoms with E-state index in [9.17, 15) is 18.0 Å². The van der Waals surface area contributed by atoms with Crippen LogP contribution >= 0.6 is 0 Å². The van der Waals surface area contributed by atoms with Crippen molar-refractivity contribution in [3.05, 3.63) is 0 Å². The topological polar surface area (TPSA) is 127 Å². The van der Waals surface area contributed by atoms with Gasteiger partial charge in [-0.15, -0.1) is 0 Å². The monoisotopic (exact) mass is 320 g/mol. The Bertz CT molecular complexity index is 505. The molecule has 1 fully saturated rings. The minimum Gasteiger partial charge on any atom is -0.337 e. The Kier molecular flexibility index (Phi) is 5.71. The van der Waals surface area contributed by atoms with Crippen LogP contribution in [0.4, 0.5) is 0 Å². The van der Waals surface area contributed by atoms with Crippen molar-refractivity contribution in [2.24, 2.45) is 10.9 Å². The first kappa shape index (κ1) is 17.9. The molecule has 1 saturated heterocycles. The molecule has 1 aliphatic rings. The number of nitrogens with two attached hydrogens (primary N) is 2. The van der Waals surface area contributed by atoms with Crippen molar-refractivity contribution in [2.75, 3.05) is 18.8 Å². The number of primary sulfonamides is 1. The molecule has 0 aliphatic carbocycles. The Morgan fingerprint density at radius 2 is 2.00 bits per heavy atom. The highest BCUT2D eigenvalue weighted by atomic mass is 32.2. The highest BCUT2D eigenvalue weighted by molar-refractivity contribution is 7.89. The molecule has 1 rings (SSSR count). The maximum atomic E-state index is 12.5. The fourth-order valence-electron chi connectivity index (χ4n) is 2.33. The Hall–Kier alpha value is -1.19. The van der Waals surface area contributed by atoms with Gasteiger partial charge in [0.15, 0.2) is 0 Å². The first-order valence-corrected chi connectivity index (χ1v) is 8.63. The molecule has 0 unspecified atom stereocenters. The Balaban J connectivity index is 2.79. The van der Waals surface area contributed by atoms with Gasteiger partial charge in [-0.05, 0) is 27.2 Å². The second kappa shape index (κ2) is 6.71. The zero-order valence-corrected chi connectivity index (χ0v) is 13.5. The van der Waals surface area contributed by atoms with E-state index in [1.807, 2.05) is 0 Å². The molecule has 21 heavy (non-hydrogen) atoms. The van der Waals surface area contributed by atoms with Crippen molar-refractivity contribution in [1.82, 2.24) is 9.80 Å². The standard InChI is InChI=1S/C12H24N4O4S/c1-8(2)15(6-7-21(14,19)20)11(17)9(3)16-5-4-10(13)12(16)18/h8-10H,4-7,13H2,1-3H3,(H2,14,19,20)/t9-,10-/m0/s1. The zero-order valence-electron chi connectivity index (χ0n) is 12.7. The van der Waals surface area contributed by atoms with E-state index in [0.717, 1.165) is 0 Å². The number of hydrogen-bond acceptors (Lipinski definition) is 5. The summed E-state index contributed by atoms with van der Waals surface area (Å²) in [6.45, 7) is 5.64. The maximum Gasteiger partial charge on any atom is 0.245 e. The van der Waals surface area contributed by atoms with E-state index in [-0.39, 0.29) is 30.2 Å². The summed E-state index contributed by atoms with van der Waals surface area (Å²) in [6.07, 6.45) is 0.523. The van der Waals surface area contributed by atoms with Crippen LogP contribution in [0.25, 0.3) is 0 Å². The van der Waals surface area contributed by atoms with Gasteiger partial charge in [-0.25, -0.2) is 13.6 Å². The van der Waals surface area contributed by atoms with Gasteiger partial charge in [-0.3, -0.25) is 9.59 Å². The molecule has 9 heteroatoms. The average molecular weight is 320 g/mol. The molecule has 0 aromatic heterocycles. The number of sulfonamides is 1. The van der Waals surface area contributed by atoms with Gasteiger partial charge in [-0.2, -0.15) is 0 Å². The van der Waals surface area contributed by atoms with Gasteiger partial charge in [0.05, 0.1) is 11.8 Å². The minimum atomic E-state index is -3.64. The molecule has 0 radical (unpaired) electrons. The predicted molar refractivity (Wildman–Crippen MR) is 78.6 cm³/mol. The lowest BCUT2D eigenvalue weighted by Gasteiger charge is -2.32. The smallest absolute Gasteiger partial charge is 0.245 e. The van der Waals surface area contributed by atoms with Gasteiger partial charge in [0, 0.05) is 19.1 Å². The Morgan fingerprint density at radius 1 is 1.43 bits per heavy atom. The third-order valence-corrected chi connectivity index (χ3v) is 4.38. The maximum absolute atomic E-state index is 12.5. The number of nitrogens with zero attached hydrogens (tertiary/aromatic N) is 2. The van der Waals surface area contributed by atoms with E-state index >= 15 is 0 Å². The molecular formula is C12H24N4O4S. The number of carbonyl (C=O) groups is 2. The van der Waals surface area contributed by atoms with Crippen LogP contribution in [0.5, 0.6) is 0 Å². The van der Waals surface area contributed by atoms with Crippen LogP contribution in [0.15, 0.2) is 0 Å². The molecule has 1 aliphatic heterocycles. The minimum absolute atomic E-state index is 0.00770. The van der Waals surface area contributed by atoms with E-state index in [1.165, 1.54) is 9.80 Å². The third-order valence-electron chi connectivity index (χ3n) is 3.63.